The van der Waals surface area contributed by atoms with E-state index in [-0.39, 0.29) is 16.5 Å². The summed E-state index contributed by atoms with van der Waals surface area (Å²) in [6.45, 7) is 0.603. The summed E-state index contributed by atoms with van der Waals surface area (Å²) in [5, 5.41) is 7.54. The molecular weight excluding hydrogens is 356 g/mol. The van der Waals surface area contributed by atoms with Crippen LogP contribution in [0, 0.1) is 0 Å². The molecule has 0 aliphatic rings. The first kappa shape index (κ1) is 14.4. The predicted octanol–water partition coefficient (Wildman–Crippen LogP) is 1.67. The molecule has 19 heavy (non-hydrogen) atoms. The van der Waals surface area contributed by atoms with Crippen LogP contribution in [0.15, 0.2) is 40.0 Å². The quantitative estimate of drug-likeness (QED) is 0.874. The molecule has 0 aliphatic heterocycles. The van der Waals surface area contributed by atoms with Crippen LogP contribution in [-0.2, 0) is 16.6 Å². The highest BCUT2D eigenvalue weighted by molar-refractivity contribution is 9.10. The van der Waals surface area contributed by atoms with E-state index in [0.717, 1.165) is 4.47 Å². The van der Waals surface area contributed by atoms with E-state index < -0.39 is 10.0 Å². The topological polar surface area (TPSA) is 76.9 Å². The van der Waals surface area contributed by atoms with Crippen molar-refractivity contribution in [3.63, 3.8) is 0 Å². The Balaban J connectivity index is 2.05. The molecule has 0 unspecified atom stereocenters. The Morgan fingerprint density at radius 2 is 2.21 bits per heavy atom. The van der Waals surface area contributed by atoms with Crippen LogP contribution in [0.4, 0.5) is 0 Å². The van der Waals surface area contributed by atoms with Gasteiger partial charge in [0.15, 0.2) is 0 Å². The molecule has 6 nitrogen and oxygen atoms in total. The van der Waals surface area contributed by atoms with Crippen molar-refractivity contribution in [1.82, 2.24) is 19.7 Å². The molecule has 102 valence electrons. The first-order valence-corrected chi connectivity index (χ1v) is 7.93. The number of nitrogens with zero attached hydrogens (tertiary/aromatic N) is 3. The van der Waals surface area contributed by atoms with E-state index in [9.17, 15) is 8.42 Å². The monoisotopic (exact) mass is 364 g/mol. The lowest BCUT2D eigenvalue weighted by Gasteiger charge is -2.08. The van der Waals surface area contributed by atoms with Crippen molar-refractivity contribution in [2.75, 3.05) is 6.54 Å². The lowest BCUT2D eigenvalue weighted by Crippen LogP contribution is -2.27. The van der Waals surface area contributed by atoms with Crippen LogP contribution in [-0.4, -0.2) is 30.0 Å². The summed E-state index contributed by atoms with van der Waals surface area (Å²) in [6.07, 6.45) is 3.18. The van der Waals surface area contributed by atoms with Gasteiger partial charge in [-0.3, -0.25) is 4.68 Å². The molecule has 0 atom stereocenters. The number of aromatic nitrogens is 3. The number of nitrogens with one attached hydrogen (secondary N) is 1. The Kier molecular flexibility index (Phi) is 4.56. The molecule has 0 aliphatic carbocycles. The molecule has 1 heterocycles. The number of benzene rings is 1. The fourth-order valence-corrected chi connectivity index (χ4v) is 3.47. The average molecular weight is 366 g/mol. The zero-order chi connectivity index (χ0) is 13.9. The summed E-state index contributed by atoms with van der Waals surface area (Å²) in [6, 6.07) is 4.61. The van der Waals surface area contributed by atoms with Gasteiger partial charge in [0.05, 0.1) is 17.8 Å². The molecule has 0 amide bonds. The van der Waals surface area contributed by atoms with Gasteiger partial charge in [-0.15, -0.1) is 5.10 Å². The van der Waals surface area contributed by atoms with E-state index in [0.29, 0.717) is 6.54 Å². The maximum Gasteiger partial charge on any atom is 0.242 e. The van der Waals surface area contributed by atoms with Crippen molar-refractivity contribution in [2.45, 2.75) is 11.4 Å². The molecule has 2 rings (SSSR count). The van der Waals surface area contributed by atoms with Crippen LogP contribution >= 0.6 is 27.5 Å². The first-order valence-electron chi connectivity index (χ1n) is 5.28. The Labute approximate surface area is 123 Å². The Hall–Kier alpha value is -0.960. The normalized spacial score (nSPS) is 11.7. The fraction of sp³-hybridized carbons (Fsp3) is 0.200. The van der Waals surface area contributed by atoms with Crippen molar-refractivity contribution in [1.29, 1.82) is 0 Å². The highest BCUT2D eigenvalue weighted by Gasteiger charge is 2.17. The molecule has 0 fully saturated rings. The van der Waals surface area contributed by atoms with Gasteiger partial charge in [-0.05, 0) is 18.2 Å². The molecule has 0 bridgehead atoms. The van der Waals surface area contributed by atoms with Gasteiger partial charge in [0.1, 0.15) is 4.90 Å². The zero-order valence-corrected chi connectivity index (χ0v) is 12.8. The number of hydrogen-bond donors (Lipinski definition) is 1. The van der Waals surface area contributed by atoms with E-state index in [2.05, 4.69) is 31.0 Å². The van der Waals surface area contributed by atoms with Gasteiger partial charge in [0.25, 0.3) is 0 Å². The second-order valence-electron chi connectivity index (χ2n) is 3.64. The maximum absolute atomic E-state index is 12.0. The van der Waals surface area contributed by atoms with Crippen LogP contribution in [0.3, 0.4) is 0 Å². The minimum atomic E-state index is -3.63. The molecule has 0 spiro atoms. The molecule has 0 radical (unpaired) electrons. The van der Waals surface area contributed by atoms with E-state index in [1.165, 1.54) is 23.0 Å². The van der Waals surface area contributed by atoms with Crippen LogP contribution in [0.25, 0.3) is 0 Å². The number of hydrogen-bond acceptors (Lipinski definition) is 4. The largest absolute Gasteiger partial charge is 0.251 e. The van der Waals surface area contributed by atoms with Gasteiger partial charge < -0.3 is 0 Å². The molecule has 2 aromatic rings. The Bertz CT molecular complexity index is 660. The van der Waals surface area contributed by atoms with Crippen LogP contribution in [0.2, 0.25) is 5.02 Å². The maximum atomic E-state index is 12.0. The number of halogens is 2. The highest BCUT2D eigenvalue weighted by atomic mass is 79.9. The second-order valence-corrected chi connectivity index (χ2v) is 6.70. The van der Waals surface area contributed by atoms with Gasteiger partial charge in [-0.2, -0.15) is 0 Å². The summed E-state index contributed by atoms with van der Waals surface area (Å²) in [4.78, 5) is 0.0518. The molecule has 9 heteroatoms. The lowest BCUT2D eigenvalue weighted by atomic mass is 10.4. The average Bonchev–Trinajstić information content (AvgIpc) is 2.81. The van der Waals surface area contributed by atoms with Crippen LogP contribution in [0.5, 0.6) is 0 Å². The summed E-state index contributed by atoms with van der Waals surface area (Å²) < 4.78 is 28.8. The van der Waals surface area contributed by atoms with Crippen LogP contribution < -0.4 is 4.72 Å². The molecule has 1 aromatic heterocycles. The highest BCUT2D eigenvalue weighted by Crippen LogP contribution is 2.24. The standard InChI is InChI=1S/C10H10BrClN4O2S/c11-8-1-2-10(9(12)7-8)19(17,18)14-4-6-16-5-3-13-15-16/h1-3,5,7,14H,4,6H2. The van der Waals surface area contributed by atoms with Gasteiger partial charge in [0, 0.05) is 17.2 Å². The van der Waals surface area contributed by atoms with Crippen molar-refractivity contribution in [3.8, 4) is 0 Å². The second kappa shape index (κ2) is 6.00. The third-order valence-corrected chi connectivity index (χ3v) is 4.73. The smallest absolute Gasteiger partial charge is 0.242 e. The molecule has 1 aromatic carbocycles. The molecule has 1 N–H and O–H groups in total. The summed E-state index contributed by atoms with van der Waals surface area (Å²) in [5.74, 6) is 0. The SMILES string of the molecule is O=S(=O)(NCCn1ccnn1)c1ccc(Br)cc1Cl. The third-order valence-electron chi connectivity index (χ3n) is 2.29. The lowest BCUT2D eigenvalue weighted by molar-refractivity contribution is 0.553. The van der Waals surface area contributed by atoms with Gasteiger partial charge in [0.2, 0.25) is 10.0 Å². The van der Waals surface area contributed by atoms with Crippen molar-refractivity contribution in [2.24, 2.45) is 0 Å². The Morgan fingerprint density at radius 1 is 1.42 bits per heavy atom. The summed E-state index contributed by atoms with van der Waals surface area (Å²) in [5.41, 5.74) is 0. The minimum Gasteiger partial charge on any atom is -0.251 e. The number of sulfonamides is 1. The Morgan fingerprint density at radius 3 is 2.84 bits per heavy atom. The molecule has 0 saturated heterocycles. The minimum absolute atomic E-state index is 0.0518. The van der Waals surface area contributed by atoms with E-state index in [1.54, 1.807) is 12.3 Å². The van der Waals surface area contributed by atoms with Gasteiger partial charge in [-0.1, -0.05) is 32.7 Å². The third kappa shape index (κ3) is 3.75. The fourth-order valence-electron chi connectivity index (χ4n) is 1.42. The van der Waals surface area contributed by atoms with Gasteiger partial charge >= 0.3 is 0 Å². The van der Waals surface area contributed by atoms with E-state index in [4.69, 9.17) is 11.6 Å². The van der Waals surface area contributed by atoms with Crippen molar-refractivity contribution in [3.05, 3.63) is 40.1 Å². The van der Waals surface area contributed by atoms with E-state index in [1.807, 2.05) is 0 Å². The predicted molar refractivity (Wildman–Crippen MR) is 74.4 cm³/mol. The molecule has 0 saturated carbocycles. The van der Waals surface area contributed by atoms with E-state index >= 15 is 0 Å². The zero-order valence-electron chi connectivity index (χ0n) is 9.62. The van der Waals surface area contributed by atoms with Crippen molar-refractivity contribution >= 4 is 37.6 Å². The summed E-state index contributed by atoms with van der Waals surface area (Å²) >= 11 is 9.14. The van der Waals surface area contributed by atoms with Gasteiger partial charge in [-0.25, -0.2) is 13.1 Å². The van der Waals surface area contributed by atoms with Crippen LogP contribution in [0.1, 0.15) is 0 Å². The van der Waals surface area contributed by atoms with Crippen molar-refractivity contribution < 1.29 is 8.42 Å². The summed E-state index contributed by atoms with van der Waals surface area (Å²) in [7, 11) is -3.63. The molecular formula is C10H10BrClN4O2S. The first-order chi connectivity index (χ1) is 8.99. The number of rotatable bonds is 5.